The van der Waals surface area contributed by atoms with Crippen LogP contribution in [0, 0.1) is 18.6 Å². The molecule has 0 radical (unpaired) electrons. The Morgan fingerprint density at radius 2 is 1.75 bits per heavy atom. The third-order valence-electron chi connectivity index (χ3n) is 5.04. The lowest BCUT2D eigenvalue weighted by Crippen LogP contribution is -2.67. The summed E-state index contributed by atoms with van der Waals surface area (Å²) in [6.07, 6.45) is 1.18. The first-order chi connectivity index (χ1) is 11.6. The zero-order valence-corrected chi connectivity index (χ0v) is 13.8. The fourth-order valence-corrected chi connectivity index (χ4v) is 3.99. The van der Waals surface area contributed by atoms with Crippen LogP contribution in [0.4, 0.5) is 8.78 Å². The van der Waals surface area contributed by atoms with Crippen LogP contribution in [-0.4, -0.2) is 40.0 Å². The van der Waals surface area contributed by atoms with Crippen LogP contribution < -0.4 is 0 Å². The molecule has 0 amide bonds. The zero-order chi connectivity index (χ0) is 16.7. The standard InChI is InChI=1S/C19H21F2N3/c1-13-3-2-4-17(22-13)10-23-11-18-8-19(12-23)24(18)9-14-5-15(20)7-16(21)6-14/h2-7,18-19H,8-12H2,1H3. The molecule has 3 nitrogen and oxygen atoms in total. The predicted molar refractivity (Wildman–Crippen MR) is 88.3 cm³/mol. The smallest absolute Gasteiger partial charge is 0.126 e. The van der Waals surface area contributed by atoms with Crippen LogP contribution >= 0.6 is 0 Å². The molecule has 5 heteroatoms. The maximum atomic E-state index is 13.4. The molecule has 3 saturated heterocycles. The number of fused-ring (bicyclic) bond motifs is 2. The summed E-state index contributed by atoms with van der Waals surface area (Å²) in [6.45, 7) is 5.49. The van der Waals surface area contributed by atoms with Gasteiger partial charge in [0.05, 0.1) is 5.69 Å². The van der Waals surface area contributed by atoms with Crippen molar-refractivity contribution in [2.45, 2.75) is 38.5 Å². The molecule has 3 fully saturated rings. The first kappa shape index (κ1) is 15.7. The van der Waals surface area contributed by atoms with Gasteiger partial charge in [-0.15, -0.1) is 0 Å². The maximum absolute atomic E-state index is 13.4. The third-order valence-corrected chi connectivity index (χ3v) is 5.04. The number of hydrogen-bond donors (Lipinski definition) is 0. The van der Waals surface area contributed by atoms with Crippen molar-refractivity contribution in [3.05, 3.63) is 65.0 Å². The van der Waals surface area contributed by atoms with Gasteiger partial charge in [-0.2, -0.15) is 0 Å². The van der Waals surface area contributed by atoms with E-state index in [-0.39, 0.29) is 0 Å². The Hall–Kier alpha value is -1.85. The molecule has 2 aromatic rings. The molecule has 126 valence electrons. The van der Waals surface area contributed by atoms with Gasteiger partial charge in [0.25, 0.3) is 0 Å². The molecule has 0 saturated carbocycles. The summed E-state index contributed by atoms with van der Waals surface area (Å²) in [4.78, 5) is 9.38. The van der Waals surface area contributed by atoms with Crippen molar-refractivity contribution >= 4 is 0 Å². The largest absolute Gasteiger partial charge is 0.294 e. The minimum Gasteiger partial charge on any atom is -0.294 e. The summed E-state index contributed by atoms with van der Waals surface area (Å²) in [5.41, 5.74) is 2.87. The molecular weight excluding hydrogens is 308 g/mol. The van der Waals surface area contributed by atoms with Gasteiger partial charge in [-0.25, -0.2) is 8.78 Å². The minimum atomic E-state index is -0.497. The van der Waals surface area contributed by atoms with E-state index < -0.39 is 11.6 Å². The number of piperidine rings is 1. The Balaban J connectivity index is 1.38. The summed E-state index contributed by atoms with van der Waals surface area (Å²) in [6, 6.07) is 10.9. The summed E-state index contributed by atoms with van der Waals surface area (Å²) in [5, 5.41) is 0. The van der Waals surface area contributed by atoms with E-state index >= 15 is 0 Å². The highest BCUT2D eigenvalue weighted by atomic mass is 19.1. The quantitative estimate of drug-likeness (QED) is 0.859. The number of aryl methyl sites for hydroxylation is 1. The number of rotatable bonds is 4. The second kappa shape index (κ2) is 6.22. The van der Waals surface area contributed by atoms with Crippen LogP contribution in [0.2, 0.25) is 0 Å². The Labute approximate surface area is 140 Å². The van der Waals surface area contributed by atoms with Crippen LogP contribution in [0.25, 0.3) is 0 Å². The lowest BCUT2D eigenvalue weighted by atomic mass is 9.86. The molecule has 3 aliphatic rings. The molecule has 2 bridgehead atoms. The molecule has 2 atom stereocenters. The van der Waals surface area contributed by atoms with Crippen molar-refractivity contribution in [2.75, 3.05) is 13.1 Å². The highest BCUT2D eigenvalue weighted by Crippen LogP contribution is 2.34. The normalized spacial score (nSPS) is 24.0. The van der Waals surface area contributed by atoms with Crippen molar-refractivity contribution in [1.29, 1.82) is 0 Å². The topological polar surface area (TPSA) is 19.4 Å². The summed E-state index contributed by atoms with van der Waals surface area (Å²) < 4.78 is 26.7. The average molecular weight is 329 g/mol. The first-order valence-electron chi connectivity index (χ1n) is 8.42. The lowest BCUT2D eigenvalue weighted by Gasteiger charge is -2.56. The average Bonchev–Trinajstić information content (AvgIpc) is 2.52. The van der Waals surface area contributed by atoms with E-state index in [4.69, 9.17) is 0 Å². The molecule has 2 unspecified atom stereocenters. The molecular formula is C19H21F2N3. The fourth-order valence-electron chi connectivity index (χ4n) is 3.99. The molecule has 24 heavy (non-hydrogen) atoms. The van der Waals surface area contributed by atoms with Gasteiger partial charge in [0.2, 0.25) is 0 Å². The SMILES string of the molecule is Cc1cccc(CN2CC3CC(C2)N3Cc2cc(F)cc(F)c2)n1. The second-order valence-corrected chi connectivity index (χ2v) is 6.96. The number of halogens is 2. The summed E-state index contributed by atoms with van der Waals surface area (Å²) in [7, 11) is 0. The van der Waals surface area contributed by atoms with Gasteiger partial charge in [0.1, 0.15) is 11.6 Å². The zero-order valence-electron chi connectivity index (χ0n) is 13.8. The highest BCUT2D eigenvalue weighted by molar-refractivity contribution is 5.19. The van der Waals surface area contributed by atoms with E-state index in [1.165, 1.54) is 18.6 Å². The van der Waals surface area contributed by atoms with Crippen molar-refractivity contribution in [3.8, 4) is 0 Å². The van der Waals surface area contributed by atoms with Crippen LogP contribution in [-0.2, 0) is 13.1 Å². The Bertz CT molecular complexity index is 717. The van der Waals surface area contributed by atoms with E-state index in [0.29, 0.717) is 18.6 Å². The van der Waals surface area contributed by atoms with Crippen LogP contribution in [0.1, 0.15) is 23.4 Å². The molecule has 3 aliphatic heterocycles. The Morgan fingerprint density at radius 3 is 2.42 bits per heavy atom. The number of piperazine rings is 1. The second-order valence-electron chi connectivity index (χ2n) is 6.96. The lowest BCUT2D eigenvalue weighted by molar-refractivity contribution is -0.0778. The van der Waals surface area contributed by atoms with Gasteiger partial charge >= 0.3 is 0 Å². The van der Waals surface area contributed by atoms with Crippen LogP contribution in [0.15, 0.2) is 36.4 Å². The maximum Gasteiger partial charge on any atom is 0.126 e. The Morgan fingerprint density at radius 1 is 1.04 bits per heavy atom. The highest BCUT2D eigenvalue weighted by Gasteiger charge is 2.44. The minimum absolute atomic E-state index is 0.472. The Kier molecular flexibility index (Phi) is 4.06. The van der Waals surface area contributed by atoms with Gasteiger partial charge in [0, 0.05) is 50.0 Å². The summed E-state index contributed by atoms with van der Waals surface area (Å²) >= 11 is 0. The van der Waals surface area contributed by atoms with Gasteiger partial charge < -0.3 is 0 Å². The van der Waals surface area contributed by atoms with Crippen LogP contribution in [0.3, 0.4) is 0 Å². The van der Waals surface area contributed by atoms with E-state index in [9.17, 15) is 8.78 Å². The van der Waals surface area contributed by atoms with E-state index in [1.807, 2.05) is 19.1 Å². The number of nitrogens with zero attached hydrogens (tertiary/aromatic N) is 3. The van der Waals surface area contributed by atoms with Gasteiger partial charge in [0.15, 0.2) is 0 Å². The van der Waals surface area contributed by atoms with Crippen molar-refractivity contribution in [2.24, 2.45) is 0 Å². The number of benzene rings is 1. The number of aromatic nitrogens is 1. The van der Waals surface area contributed by atoms with Crippen molar-refractivity contribution in [1.82, 2.24) is 14.8 Å². The number of pyridine rings is 1. The molecule has 5 rings (SSSR count). The van der Waals surface area contributed by atoms with E-state index in [2.05, 4.69) is 20.9 Å². The predicted octanol–water partition coefficient (Wildman–Crippen LogP) is 3.13. The van der Waals surface area contributed by atoms with Crippen molar-refractivity contribution < 1.29 is 8.78 Å². The van der Waals surface area contributed by atoms with Gasteiger partial charge in [-0.3, -0.25) is 14.8 Å². The van der Waals surface area contributed by atoms with E-state index in [1.54, 1.807) is 0 Å². The number of hydrogen-bond acceptors (Lipinski definition) is 3. The summed E-state index contributed by atoms with van der Waals surface area (Å²) in [5.74, 6) is -0.995. The van der Waals surface area contributed by atoms with Gasteiger partial charge in [-0.1, -0.05) is 6.07 Å². The third kappa shape index (κ3) is 3.19. The fraction of sp³-hybridized carbons (Fsp3) is 0.421. The van der Waals surface area contributed by atoms with Crippen LogP contribution in [0.5, 0.6) is 0 Å². The molecule has 1 aromatic heterocycles. The van der Waals surface area contributed by atoms with Crippen molar-refractivity contribution in [3.63, 3.8) is 0 Å². The van der Waals surface area contributed by atoms with Gasteiger partial charge in [-0.05, 0) is 43.2 Å². The van der Waals surface area contributed by atoms with E-state index in [0.717, 1.165) is 42.7 Å². The molecule has 1 aromatic carbocycles. The molecule has 0 spiro atoms. The molecule has 4 heterocycles. The monoisotopic (exact) mass is 329 g/mol. The first-order valence-corrected chi connectivity index (χ1v) is 8.42. The molecule has 0 aliphatic carbocycles. The molecule has 0 N–H and O–H groups in total.